The van der Waals surface area contributed by atoms with E-state index in [-0.39, 0.29) is 5.75 Å². The second-order valence-corrected chi connectivity index (χ2v) is 2.91. The molecule has 0 saturated heterocycles. The number of halogens is 2. The molecule has 1 rings (SSSR count). The zero-order chi connectivity index (χ0) is 9.90. The molecule has 0 unspecified atom stereocenters. The van der Waals surface area contributed by atoms with Crippen LogP contribution in [-0.2, 0) is 6.42 Å². The summed E-state index contributed by atoms with van der Waals surface area (Å²) in [6.45, 7) is 2.73. The Bertz CT molecular complexity index is 261. The van der Waals surface area contributed by atoms with E-state index in [1.807, 2.05) is 6.92 Å². The average molecular weight is 186 g/mol. The van der Waals surface area contributed by atoms with E-state index in [1.165, 1.54) is 0 Å². The van der Waals surface area contributed by atoms with Gasteiger partial charge in [-0.2, -0.15) is 8.78 Å². The molecule has 0 bridgehead atoms. The minimum atomic E-state index is -3.10. The van der Waals surface area contributed by atoms with Crippen LogP contribution < -0.4 is 4.74 Å². The van der Waals surface area contributed by atoms with Crippen LogP contribution in [0.5, 0.6) is 5.75 Å². The van der Waals surface area contributed by atoms with Gasteiger partial charge >= 0.3 is 6.11 Å². The van der Waals surface area contributed by atoms with Crippen molar-refractivity contribution in [1.82, 2.24) is 0 Å². The molecule has 0 aliphatic carbocycles. The first kappa shape index (κ1) is 9.96. The molecule has 72 valence electrons. The maximum absolute atomic E-state index is 12.4. The van der Waals surface area contributed by atoms with Gasteiger partial charge in [0.1, 0.15) is 5.75 Å². The fourth-order valence-corrected chi connectivity index (χ4v) is 1.00. The fourth-order valence-electron chi connectivity index (χ4n) is 1.00. The van der Waals surface area contributed by atoms with Crippen LogP contribution in [0.15, 0.2) is 24.3 Å². The highest BCUT2D eigenvalue weighted by Crippen LogP contribution is 2.21. The van der Waals surface area contributed by atoms with E-state index in [0.29, 0.717) is 0 Å². The van der Waals surface area contributed by atoms with Crippen LogP contribution in [0.3, 0.4) is 0 Å². The minimum absolute atomic E-state index is 0.199. The Kier molecular flexibility index (Phi) is 2.86. The Labute approximate surface area is 76.3 Å². The molecule has 0 heterocycles. The summed E-state index contributed by atoms with van der Waals surface area (Å²) in [6, 6.07) is 6.66. The third-order valence-electron chi connectivity index (χ3n) is 1.63. The van der Waals surface area contributed by atoms with Crippen molar-refractivity contribution in [3.8, 4) is 5.75 Å². The molecule has 0 atom stereocenters. The van der Waals surface area contributed by atoms with Gasteiger partial charge < -0.3 is 4.74 Å². The van der Waals surface area contributed by atoms with Crippen molar-refractivity contribution in [2.24, 2.45) is 0 Å². The number of rotatable bonds is 3. The van der Waals surface area contributed by atoms with E-state index in [2.05, 4.69) is 4.74 Å². The number of ether oxygens (including phenoxy) is 1. The van der Waals surface area contributed by atoms with Crippen LogP contribution in [-0.4, -0.2) is 6.11 Å². The molecular weight excluding hydrogens is 174 g/mol. The van der Waals surface area contributed by atoms with Crippen LogP contribution in [0.2, 0.25) is 0 Å². The number of hydrogen-bond acceptors (Lipinski definition) is 1. The highest BCUT2D eigenvalue weighted by Gasteiger charge is 2.22. The van der Waals surface area contributed by atoms with E-state index in [9.17, 15) is 8.78 Å². The van der Waals surface area contributed by atoms with Crippen molar-refractivity contribution in [3.63, 3.8) is 0 Å². The van der Waals surface area contributed by atoms with Crippen LogP contribution in [0.1, 0.15) is 19.4 Å². The summed E-state index contributed by atoms with van der Waals surface area (Å²) in [6.07, 6.45) is -2.21. The lowest BCUT2D eigenvalue weighted by atomic mass is 10.2. The number of hydrogen-bond donors (Lipinski definition) is 0. The Morgan fingerprint density at radius 3 is 2.15 bits per heavy atom. The lowest BCUT2D eigenvalue weighted by Crippen LogP contribution is -2.18. The zero-order valence-corrected chi connectivity index (χ0v) is 7.68. The molecule has 13 heavy (non-hydrogen) atoms. The second kappa shape index (κ2) is 3.73. The van der Waals surface area contributed by atoms with Gasteiger partial charge in [0, 0.05) is 6.92 Å². The maximum atomic E-state index is 12.4. The van der Waals surface area contributed by atoms with Gasteiger partial charge in [0.2, 0.25) is 0 Å². The molecule has 0 fully saturated rings. The van der Waals surface area contributed by atoms with Crippen molar-refractivity contribution in [3.05, 3.63) is 29.8 Å². The highest BCUT2D eigenvalue weighted by atomic mass is 19.3. The number of benzene rings is 1. The normalized spacial score (nSPS) is 11.4. The molecule has 1 aromatic rings. The van der Waals surface area contributed by atoms with E-state index in [0.717, 1.165) is 18.9 Å². The molecule has 1 nitrogen and oxygen atoms in total. The third kappa shape index (κ3) is 3.40. The first-order valence-electron chi connectivity index (χ1n) is 4.17. The molecule has 1 aromatic carbocycles. The predicted octanol–water partition coefficient (Wildman–Crippen LogP) is 3.24. The van der Waals surface area contributed by atoms with Gasteiger partial charge in [-0.3, -0.25) is 0 Å². The predicted molar refractivity (Wildman–Crippen MR) is 47.1 cm³/mol. The Morgan fingerprint density at radius 2 is 1.77 bits per heavy atom. The molecule has 3 heteroatoms. The van der Waals surface area contributed by atoms with E-state index in [4.69, 9.17) is 0 Å². The summed E-state index contributed by atoms with van der Waals surface area (Å²) in [5.74, 6) is 0.199. The van der Waals surface area contributed by atoms with Crippen molar-refractivity contribution in [2.75, 3.05) is 0 Å². The summed E-state index contributed by atoms with van der Waals surface area (Å²) >= 11 is 0. The lowest BCUT2D eigenvalue weighted by Gasteiger charge is -2.12. The third-order valence-corrected chi connectivity index (χ3v) is 1.63. The topological polar surface area (TPSA) is 9.23 Å². The first-order valence-corrected chi connectivity index (χ1v) is 4.17. The summed E-state index contributed by atoms with van der Waals surface area (Å²) in [5, 5.41) is 0. The standard InChI is InChI=1S/C10H12F2O/c1-3-8-4-6-9(7-5-8)13-10(2,11)12/h4-7H,3H2,1-2H3. The SMILES string of the molecule is CCc1ccc(OC(C)(F)F)cc1. The number of alkyl halides is 2. The molecule has 0 radical (unpaired) electrons. The van der Waals surface area contributed by atoms with Gasteiger partial charge in [-0.15, -0.1) is 0 Å². The largest absolute Gasteiger partial charge is 0.433 e. The van der Waals surface area contributed by atoms with Crippen molar-refractivity contribution < 1.29 is 13.5 Å². The van der Waals surface area contributed by atoms with Crippen molar-refractivity contribution in [1.29, 1.82) is 0 Å². The van der Waals surface area contributed by atoms with Gasteiger partial charge in [0.25, 0.3) is 0 Å². The average Bonchev–Trinajstić information content (AvgIpc) is 2.03. The monoisotopic (exact) mass is 186 g/mol. The van der Waals surface area contributed by atoms with Gasteiger partial charge in [-0.05, 0) is 24.1 Å². The van der Waals surface area contributed by atoms with Crippen LogP contribution in [0.4, 0.5) is 8.78 Å². The highest BCUT2D eigenvalue weighted by molar-refractivity contribution is 5.27. The summed E-state index contributed by atoms with van der Waals surface area (Å²) in [5.41, 5.74) is 1.10. The van der Waals surface area contributed by atoms with Crippen molar-refractivity contribution in [2.45, 2.75) is 26.4 Å². The second-order valence-electron chi connectivity index (χ2n) is 2.91. The van der Waals surface area contributed by atoms with Gasteiger partial charge in [-0.1, -0.05) is 19.1 Å². The molecular formula is C10H12F2O. The van der Waals surface area contributed by atoms with E-state index in [1.54, 1.807) is 24.3 Å². The van der Waals surface area contributed by atoms with Crippen LogP contribution in [0.25, 0.3) is 0 Å². The smallest absolute Gasteiger partial charge is 0.394 e. The Morgan fingerprint density at radius 1 is 1.23 bits per heavy atom. The van der Waals surface area contributed by atoms with Gasteiger partial charge in [-0.25, -0.2) is 0 Å². The van der Waals surface area contributed by atoms with Gasteiger partial charge in [0.15, 0.2) is 0 Å². The zero-order valence-electron chi connectivity index (χ0n) is 7.68. The quantitative estimate of drug-likeness (QED) is 0.704. The molecule has 0 aliphatic rings. The van der Waals surface area contributed by atoms with E-state index >= 15 is 0 Å². The molecule has 0 saturated carbocycles. The van der Waals surface area contributed by atoms with Crippen molar-refractivity contribution >= 4 is 0 Å². The van der Waals surface area contributed by atoms with Crippen LogP contribution in [0, 0.1) is 0 Å². The Balaban J connectivity index is 2.70. The molecule has 0 aliphatic heterocycles. The fraction of sp³-hybridized carbons (Fsp3) is 0.400. The summed E-state index contributed by atoms with van der Waals surface area (Å²) < 4.78 is 29.1. The molecule has 0 aromatic heterocycles. The molecule has 0 amide bonds. The van der Waals surface area contributed by atoms with Crippen LogP contribution >= 0.6 is 0 Å². The number of aryl methyl sites for hydroxylation is 1. The first-order chi connectivity index (χ1) is 6.01. The summed E-state index contributed by atoms with van der Waals surface area (Å²) in [7, 11) is 0. The van der Waals surface area contributed by atoms with E-state index < -0.39 is 6.11 Å². The lowest BCUT2D eigenvalue weighted by molar-refractivity contribution is -0.158. The van der Waals surface area contributed by atoms with Gasteiger partial charge in [0.05, 0.1) is 0 Å². The minimum Gasteiger partial charge on any atom is -0.433 e. The molecule has 0 N–H and O–H groups in total. The molecule has 0 spiro atoms. The maximum Gasteiger partial charge on any atom is 0.394 e. The Hall–Kier alpha value is -1.12. The summed E-state index contributed by atoms with van der Waals surface area (Å²) in [4.78, 5) is 0.